The molecular weight excluding hydrogens is 269 g/mol. The maximum atomic E-state index is 13.0. The highest BCUT2D eigenvalue weighted by atomic mass is 79.9. The molecule has 1 rings (SSSR count). The Kier molecular flexibility index (Phi) is 3.65. The van der Waals surface area contributed by atoms with Crippen molar-refractivity contribution < 1.29 is 19.0 Å². The molecule has 0 amide bonds. The minimum Gasteiger partial charge on any atom is -0.505 e. The number of ether oxygens (including phenoxy) is 1. The first-order valence-corrected chi connectivity index (χ1v) is 4.78. The van der Waals surface area contributed by atoms with Crippen LogP contribution in [-0.2, 0) is 9.53 Å². The third kappa shape index (κ3) is 2.27. The molecule has 0 aliphatic rings. The van der Waals surface area contributed by atoms with Crippen LogP contribution in [0.15, 0.2) is 16.6 Å². The average Bonchev–Trinajstić information content (AvgIpc) is 2.22. The summed E-state index contributed by atoms with van der Waals surface area (Å²) in [5, 5.41) is 9.40. The van der Waals surface area contributed by atoms with Gasteiger partial charge in [0.2, 0.25) is 0 Å². The van der Waals surface area contributed by atoms with Gasteiger partial charge in [0.05, 0.1) is 7.11 Å². The predicted molar refractivity (Wildman–Crippen MR) is 54.7 cm³/mol. The van der Waals surface area contributed by atoms with E-state index in [1.165, 1.54) is 6.07 Å². The molecule has 0 bridgehead atoms. The zero-order chi connectivity index (χ0) is 11.6. The molecule has 3 N–H and O–H groups in total. The Morgan fingerprint density at radius 2 is 2.27 bits per heavy atom. The van der Waals surface area contributed by atoms with Crippen LogP contribution in [0.25, 0.3) is 0 Å². The smallest absolute Gasteiger partial charge is 0.327 e. The molecule has 0 aliphatic heterocycles. The lowest BCUT2D eigenvalue weighted by molar-refractivity contribution is -0.142. The summed E-state index contributed by atoms with van der Waals surface area (Å²) in [5.74, 6) is -2.24. The highest BCUT2D eigenvalue weighted by molar-refractivity contribution is 9.10. The second-order valence-electron chi connectivity index (χ2n) is 2.79. The summed E-state index contributed by atoms with van der Waals surface area (Å²) in [6.45, 7) is 0. The summed E-state index contributed by atoms with van der Waals surface area (Å²) in [6.07, 6.45) is 0. The molecule has 0 saturated carbocycles. The van der Waals surface area contributed by atoms with Gasteiger partial charge in [-0.3, -0.25) is 4.79 Å². The summed E-state index contributed by atoms with van der Waals surface area (Å²) in [6, 6.07) is 1.19. The van der Waals surface area contributed by atoms with Crippen LogP contribution in [-0.4, -0.2) is 18.2 Å². The van der Waals surface area contributed by atoms with E-state index >= 15 is 0 Å². The summed E-state index contributed by atoms with van der Waals surface area (Å²) >= 11 is 3.06. The van der Waals surface area contributed by atoms with E-state index < -0.39 is 23.6 Å². The van der Waals surface area contributed by atoms with Crippen molar-refractivity contribution in [1.82, 2.24) is 0 Å². The van der Waals surface area contributed by atoms with E-state index in [0.717, 1.165) is 13.2 Å². The maximum Gasteiger partial charge on any atom is 0.327 e. The lowest BCUT2D eigenvalue weighted by atomic mass is 10.1. The lowest BCUT2D eigenvalue weighted by Crippen LogP contribution is -2.23. The summed E-state index contributed by atoms with van der Waals surface area (Å²) < 4.78 is 17.8. The van der Waals surface area contributed by atoms with Crippen LogP contribution >= 0.6 is 15.9 Å². The third-order valence-corrected chi connectivity index (χ3v) is 2.57. The van der Waals surface area contributed by atoms with Gasteiger partial charge in [-0.25, -0.2) is 4.39 Å². The van der Waals surface area contributed by atoms with E-state index in [1.807, 2.05) is 0 Å². The van der Waals surface area contributed by atoms with Gasteiger partial charge in [0, 0.05) is 10.0 Å². The number of nitrogens with two attached hydrogens (primary N) is 1. The van der Waals surface area contributed by atoms with Gasteiger partial charge in [-0.2, -0.15) is 0 Å². The normalized spacial score (nSPS) is 12.3. The number of esters is 1. The van der Waals surface area contributed by atoms with Crippen molar-refractivity contribution in [3.63, 3.8) is 0 Å². The van der Waals surface area contributed by atoms with E-state index in [-0.39, 0.29) is 5.56 Å². The summed E-state index contributed by atoms with van der Waals surface area (Å²) in [4.78, 5) is 11.1. The Labute approximate surface area is 94.0 Å². The van der Waals surface area contributed by atoms with Crippen molar-refractivity contribution in [2.75, 3.05) is 7.11 Å². The Hall–Kier alpha value is -1.14. The van der Waals surface area contributed by atoms with Crippen molar-refractivity contribution in [2.24, 2.45) is 5.73 Å². The Bertz CT molecular complexity index is 397. The molecule has 0 unspecified atom stereocenters. The van der Waals surface area contributed by atoms with Crippen LogP contribution in [0, 0.1) is 5.82 Å². The van der Waals surface area contributed by atoms with Crippen LogP contribution in [0.3, 0.4) is 0 Å². The van der Waals surface area contributed by atoms with Crippen molar-refractivity contribution in [2.45, 2.75) is 6.04 Å². The number of rotatable bonds is 2. The zero-order valence-electron chi connectivity index (χ0n) is 7.83. The van der Waals surface area contributed by atoms with Gasteiger partial charge in [-0.05, 0) is 12.1 Å². The molecule has 1 aromatic rings. The fraction of sp³-hybridized carbons (Fsp3) is 0.222. The van der Waals surface area contributed by atoms with Crippen LogP contribution in [0.5, 0.6) is 5.75 Å². The van der Waals surface area contributed by atoms with Crippen LogP contribution in [0.4, 0.5) is 4.39 Å². The van der Waals surface area contributed by atoms with Crippen molar-refractivity contribution >= 4 is 21.9 Å². The van der Waals surface area contributed by atoms with Gasteiger partial charge in [0.1, 0.15) is 6.04 Å². The molecule has 0 aliphatic carbocycles. The van der Waals surface area contributed by atoms with E-state index in [2.05, 4.69) is 20.7 Å². The quantitative estimate of drug-likeness (QED) is 0.803. The second-order valence-corrected chi connectivity index (χ2v) is 3.65. The van der Waals surface area contributed by atoms with Gasteiger partial charge in [-0.15, -0.1) is 0 Å². The van der Waals surface area contributed by atoms with Crippen molar-refractivity contribution in [3.8, 4) is 5.75 Å². The number of benzene rings is 1. The topological polar surface area (TPSA) is 72.5 Å². The van der Waals surface area contributed by atoms with E-state index in [0.29, 0.717) is 4.47 Å². The van der Waals surface area contributed by atoms with Crippen LogP contribution in [0.2, 0.25) is 0 Å². The first-order valence-electron chi connectivity index (χ1n) is 3.99. The number of hydrogen-bond acceptors (Lipinski definition) is 4. The SMILES string of the molecule is COC(=O)[C@H](N)c1c(Br)ccc(F)c1O. The van der Waals surface area contributed by atoms with Crippen molar-refractivity contribution in [3.05, 3.63) is 28.0 Å². The molecule has 15 heavy (non-hydrogen) atoms. The van der Waals surface area contributed by atoms with Gasteiger partial charge < -0.3 is 15.6 Å². The molecule has 0 radical (unpaired) electrons. The second kappa shape index (κ2) is 4.59. The molecule has 6 heteroatoms. The summed E-state index contributed by atoms with van der Waals surface area (Å²) in [7, 11) is 1.16. The first kappa shape index (κ1) is 11.9. The molecule has 0 saturated heterocycles. The molecule has 4 nitrogen and oxygen atoms in total. The number of carbonyl (C=O) groups is 1. The molecular formula is C9H9BrFNO3. The third-order valence-electron chi connectivity index (χ3n) is 1.88. The van der Waals surface area contributed by atoms with Crippen LogP contribution in [0.1, 0.15) is 11.6 Å². The van der Waals surface area contributed by atoms with Crippen LogP contribution < -0.4 is 5.73 Å². The monoisotopic (exact) mass is 277 g/mol. The Balaban J connectivity index is 3.24. The van der Waals surface area contributed by atoms with Gasteiger partial charge >= 0.3 is 5.97 Å². The minimum atomic E-state index is -1.22. The number of carbonyl (C=O) groups excluding carboxylic acids is 1. The van der Waals surface area contributed by atoms with Crippen molar-refractivity contribution in [1.29, 1.82) is 0 Å². The molecule has 1 aromatic carbocycles. The number of phenols is 1. The van der Waals surface area contributed by atoms with E-state index in [4.69, 9.17) is 5.73 Å². The Morgan fingerprint density at radius 1 is 1.67 bits per heavy atom. The number of aromatic hydroxyl groups is 1. The number of hydrogen-bond donors (Lipinski definition) is 2. The fourth-order valence-corrected chi connectivity index (χ4v) is 1.66. The highest BCUT2D eigenvalue weighted by Crippen LogP contribution is 2.33. The lowest BCUT2D eigenvalue weighted by Gasteiger charge is -2.13. The molecule has 82 valence electrons. The zero-order valence-corrected chi connectivity index (χ0v) is 9.42. The van der Waals surface area contributed by atoms with Gasteiger partial charge in [-0.1, -0.05) is 15.9 Å². The minimum absolute atomic E-state index is 0.0261. The predicted octanol–water partition coefficient (Wildman–Crippen LogP) is 1.47. The van der Waals surface area contributed by atoms with Gasteiger partial charge in [0.25, 0.3) is 0 Å². The fourth-order valence-electron chi connectivity index (χ4n) is 1.10. The molecule has 0 aromatic heterocycles. The standard InChI is InChI=1S/C9H9BrFNO3/c1-15-9(14)7(12)6-4(10)2-3-5(11)8(6)13/h2-3,7,13H,12H2,1H3/t7-/m1/s1. The number of phenolic OH excluding ortho intramolecular Hbond substituents is 1. The molecule has 1 atom stereocenters. The number of methoxy groups -OCH3 is 1. The molecule has 0 spiro atoms. The Morgan fingerprint density at radius 3 is 2.80 bits per heavy atom. The van der Waals surface area contributed by atoms with E-state index in [9.17, 15) is 14.3 Å². The first-order chi connectivity index (χ1) is 6.99. The van der Waals surface area contributed by atoms with Gasteiger partial charge in [0.15, 0.2) is 11.6 Å². The maximum absolute atomic E-state index is 13.0. The highest BCUT2D eigenvalue weighted by Gasteiger charge is 2.24. The summed E-state index contributed by atoms with van der Waals surface area (Å²) in [5.41, 5.74) is 5.46. The largest absolute Gasteiger partial charge is 0.505 e. The van der Waals surface area contributed by atoms with E-state index in [1.54, 1.807) is 0 Å². The molecule has 0 heterocycles. The average molecular weight is 278 g/mol. The number of halogens is 2. The molecule has 0 fully saturated rings.